The van der Waals surface area contributed by atoms with E-state index in [4.69, 9.17) is 5.73 Å². The van der Waals surface area contributed by atoms with Gasteiger partial charge < -0.3 is 10.7 Å². The number of allylic oxidation sites excluding steroid dienone is 1. The number of nitrogens with two attached hydrogens (primary N) is 1. The highest BCUT2D eigenvalue weighted by Crippen LogP contribution is 1.90. The van der Waals surface area contributed by atoms with E-state index >= 15 is 0 Å². The molecule has 0 saturated carbocycles. The summed E-state index contributed by atoms with van der Waals surface area (Å²) in [6.07, 6.45) is 5.38. The molecule has 0 radical (unpaired) electrons. The molecule has 0 aromatic carbocycles. The summed E-state index contributed by atoms with van der Waals surface area (Å²) in [6, 6.07) is 3.57. The van der Waals surface area contributed by atoms with Gasteiger partial charge in [-0.05, 0) is 18.7 Å². The molecule has 0 atom stereocenters. The zero-order valence-electron chi connectivity index (χ0n) is 6.08. The predicted octanol–water partition coefficient (Wildman–Crippen LogP) is 0.390. The molecule has 0 fully saturated rings. The first-order chi connectivity index (χ1) is 5.34. The van der Waals surface area contributed by atoms with E-state index in [0.717, 1.165) is 5.56 Å². The summed E-state index contributed by atoms with van der Waals surface area (Å²) >= 11 is 0. The van der Waals surface area contributed by atoms with Crippen molar-refractivity contribution in [3.63, 3.8) is 0 Å². The first-order valence-electron chi connectivity index (χ1n) is 3.38. The number of pyridine rings is 1. The summed E-state index contributed by atoms with van der Waals surface area (Å²) in [4.78, 5) is 13.6. The molecular formula is C8H10N2O. The molecule has 1 aromatic rings. The number of nitrogens with one attached hydrogen (secondary N) is 1. The normalized spacial score (nSPS) is 10.5. The van der Waals surface area contributed by atoms with Crippen LogP contribution in [0.25, 0.3) is 0 Å². The van der Waals surface area contributed by atoms with Crippen LogP contribution in [0.2, 0.25) is 0 Å². The smallest absolute Gasteiger partial charge is 0.251 e. The van der Waals surface area contributed by atoms with Gasteiger partial charge in [-0.15, -0.1) is 0 Å². The van der Waals surface area contributed by atoms with Crippen LogP contribution < -0.4 is 11.3 Å². The minimum atomic E-state index is -0.0504. The van der Waals surface area contributed by atoms with Crippen molar-refractivity contribution in [1.29, 1.82) is 0 Å². The van der Waals surface area contributed by atoms with Gasteiger partial charge in [-0.25, -0.2) is 0 Å². The van der Waals surface area contributed by atoms with Gasteiger partial charge in [-0.3, -0.25) is 4.79 Å². The Morgan fingerprint density at radius 3 is 3.09 bits per heavy atom. The zero-order chi connectivity index (χ0) is 8.10. The maximum atomic E-state index is 11.0. The number of hydrogen-bond donors (Lipinski definition) is 2. The number of rotatable bonds is 2. The molecule has 0 aliphatic rings. The molecule has 1 heterocycles. The molecule has 0 spiro atoms. The lowest BCUT2D eigenvalue weighted by molar-refractivity contribution is 1.12. The maximum Gasteiger partial charge on any atom is 0.251 e. The third-order valence-electron chi connectivity index (χ3n) is 1.37. The third-order valence-corrected chi connectivity index (χ3v) is 1.37. The van der Waals surface area contributed by atoms with Gasteiger partial charge in [-0.2, -0.15) is 0 Å². The predicted molar refractivity (Wildman–Crippen MR) is 44.1 cm³/mol. The van der Waals surface area contributed by atoms with Crippen molar-refractivity contribution in [2.75, 3.05) is 0 Å². The van der Waals surface area contributed by atoms with Gasteiger partial charge in [0.1, 0.15) is 0 Å². The molecular weight excluding hydrogens is 140 g/mol. The number of hydrogen-bond acceptors (Lipinski definition) is 2. The average molecular weight is 150 g/mol. The largest absolute Gasteiger partial charge is 0.405 e. The van der Waals surface area contributed by atoms with Crippen molar-refractivity contribution >= 4 is 0 Å². The monoisotopic (exact) mass is 150 g/mol. The lowest BCUT2D eigenvalue weighted by Gasteiger charge is -1.91. The molecule has 58 valence electrons. The standard InChI is InChI=1S/C8H10N2O/c9-5-1-3-7-4-2-6-10-8(7)11/h1-2,4-6H,3,9H2,(H,10,11). The van der Waals surface area contributed by atoms with E-state index in [1.807, 2.05) is 0 Å². The van der Waals surface area contributed by atoms with Crippen molar-refractivity contribution in [3.8, 4) is 0 Å². The molecule has 1 rings (SSSR count). The highest BCUT2D eigenvalue weighted by molar-refractivity contribution is 5.12. The van der Waals surface area contributed by atoms with Crippen molar-refractivity contribution in [2.45, 2.75) is 6.42 Å². The Morgan fingerprint density at radius 2 is 2.45 bits per heavy atom. The van der Waals surface area contributed by atoms with Crippen molar-refractivity contribution in [1.82, 2.24) is 4.98 Å². The number of H-pyrrole nitrogens is 1. The Morgan fingerprint density at radius 1 is 1.64 bits per heavy atom. The fourth-order valence-corrected chi connectivity index (χ4v) is 0.812. The molecule has 0 saturated heterocycles. The van der Waals surface area contributed by atoms with Gasteiger partial charge in [0.2, 0.25) is 0 Å². The van der Waals surface area contributed by atoms with Crippen LogP contribution in [0.3, 0.4) is 0 Å². The SMILES string of the molecule is NC=CCc1ccc[nH]c1=O. The van der Waals surface area contributed by atoms with Gasteiger partial charge >= 0.3 is 0 Å². The molecule has 0 unspecified atom stereocenters. The zero-order valence-corrected chi connectivity index (χ0v) is 6.08. The average Bonchev–Trinajstić information content (AvgIpc) is 2.03. The summed E-state index contributed by atoms with van der Waals surface area (Å²) in [7, 11) is 0. The first kappa shape index (κ1) is 7.60. The molecule has 0 aliphatic heterocycles. The lowest BCUT2D eigenvalue weighted by Crippen LogP contribution is -2.09. The number of aromatic amines is 1. The minimum absolute atomic E-state index is 0.0504. The van der Waals surface area contributed by atoms with Crippen LogP contribution >= 0.6 is 0 Å². The third kappa shape index (κ3) is 1.97. The molecule has 3 N–H and O–H groups in total. The summed E-state index contributed by atoms with van der Waals surface area (Å²) in [6.45, 7) is 0. The Kier molecular flexibility index (Phi) is 2.49. The second-order valence-electron chi connectivity index (χ2n) is 2.16. The van der Waals surface area contributed by atoms with Crippen molar-refractivity contribution in [3.05, 3.63) is 46.5 Å². The summed E-state index contributed by atoms with van der Waals surface area (Å²) < 4.78 is 0. The van der Waals surface area contributed by atoms with E-state index in [1.54, 1.807) is 24.4 Å². The van der Waals surface area contributed by atoms with Gasteiger partial charge in [-0.1, -0.05) is 12.1 Å². The second-order valence-corrected chi connectivity index (χ2v) is 2.16. The van der Waals surface area contributed by atoms with Crippen molar-refractivity contribution in [2.24, 2.45) is 5.73 Å². The minimum Gasteiger partial charge on any atom is -0.405 e. The number of aromatic nitrogens is 1. The summed E-state index contributed by atoms with van der Waals surface area (Å²) in [5, 5.41) is 0. The van der Waals surface area contributed by atoms with Gasteiger partial charge in [0, 0.05) is 11.8 Å². The molecule has 3 heteroatoms. The molecule has 11 heavy (non-hydrogen) atoms. The van der Waals surface area contributed by atoms with E-state index in [0.29, 0.717) is 6.42 Å². The van der Waals surface area contributed by atoms with Crippen LogP contribution in [-0.4, -0.2) is 4.98 Å². The quantitative estimate of drug-likeness (QED) is 0.640. The fourth-order valence-electron chi connectivity index (χ4n) is 0.812. The highest BCUT2D eigenvalue weighted by Gasteiger charge is 1.92. The fraction of sp³-hybridized carbons (Fsp3) is 0.125. The summed E-state index contributed by atoms with van der Waals surface area (Å²) in [5.41, 5.74) is 5.81. The molecule has 0 bridgehead atoms. The molecule has 3 nitrogen and oxygen atoms in total. The first-order valence-corrected chi connectivity index (χ1v) is 3.38. The van der Waals surface area contributed by atoms with Crippen LogP contribution in [0.1, 0.15) is 5.56 Å². The van der Waals surface area contributed by atoms with Crippen molar-refractivity contribution < 1.29 is 0 Å². The van der Waals surface area contributed by atoms with E-state index in [1.165, 1.54) is 6.20 Å². The van der Waals surface area contributed by atoms with Crippen LogP contribution in [0.4, 0.5) is 0 Å². The lowest BCUT2D eigenvalue weighted by atomic mass is 10.2. The van der Waals surface area contributed by atoms with E-state index < -0.39 is 0 Å². The van der Waals surface area contributed by atoms with E-state index in [2.05, 4.69) is 4.98 Å². The van der Waals surface area contributed by atoms with Crippen LogP contribution in [-0.2, 0) is 6.42 Å². The van der Waals surface area contributed by atoms with Gasteiger partial charge in [0.05, 0.1) is 0 Å². The Labute approximate surface area is 64.6 Å². The van der Waals surface area contributed by atoms with Gasteiger partial charge in [0.25, 0.3) is 5.56 Å². The van der Waals surface area contributed by atoms with Crippen LogP contribution in [0.5, 0.6) is 0 Å². The maximum absolute atomic E-state index is 11.0. The summed E-state index contributed by atoms with van der Waals surface area (Å²) in [5.74, 6) is 0. The Hall–Kier alpha value is -1.51. The molecule has 0 amide bonds. The van der Waals surface area contributed by atoms with Crippen LogP contribution in [0, 0.1) is 0 Å². The Bertz CT molecular complexity index is 301. The highest BCUT2D eigenvalue weighted by atomic mass is 16.1. The van der Waals surface area contributed by atoms with E-state index in [-0.39, 0.29) is 5.56 Å². The topological polar surface area (TPSA) is 58.9 Å². The second kappa shape index (κ2) is 3.61. The van der Waals surface area contributed by atoms with Gasteiger partial charge in [0.15, 0.2) is 0 Å². The molecule has 1 aromatic heterocycles. The Balaban J connectivity index is 2.86. The molecule has 0 aliphatic carbocycles. The van der Waals surface area contributed by atoms with Crippen LogP contribution in [0.15, 0.2) is 35.4 Å². The van der Waals surface area contributed by atoms with E-state index in [9.17, 15) is 4.79 Å².